The SMILES string of the molecule is CCC[C@@H](C)[C@H]1C(c2ccccc2)(c2ccccc2)C[C@H]2[C@@H]3CCC4CCCC[C@]4(C)[C@H]3CC[C@@]21C. The minimum absolute atomic E-state index is 0.135. The lowest BCUT2D eigenvalue weighted by Gasteiger charge is -2.61. The van der Waals surface area contributed by atoms with E-state index in [1.165, 1.54) is 70.6 Å². The Morgan fingerprint density at radius 1 is 0.750 bits per heavy atom. The van der Waals surface area contributed by atoms with Crippen molar-refractivity contribution in [2.75, 3.05) is 0 Å². The molecule has 0 nitrogen and oxygen atoms in total. The number of benzene rings is 2. The van der Waals surface area contributed by atoms with E-state index in [1.54, 1.807) is 11.1 Å². The molecule has 0 heterocycles. The molecule has 0 N–H and O–H groups in total. The van der Waals surface area contributed by atoms with Gasteiger partial charge in [0.15, 0.2) is 0 Å². The van der Waals surface area contributed by atoms with Crippen LogP contribution in [0.15, 0.2) is 60.7 Å². The molecule has 8 atom stereocenters. The molecule has 0 aliphatic heterocycles. The molecule has 4 fully saturated rings. The summed E-state index contributed by atoms with van der Waals surface area (Å²) >= 11 is 0. The van der Waals surface area contributed by atoms with Gasteiger partial charge in [-0.3, -0.25) is 0 Å². The van der Waals surface area contributed by atoms with Crippen LogP contribution in [0.5, 0.6) is 0 Å². The molecule has 36 heavy (non-hydrogen) atoms. The molecule has 2 aromatic rings. The minimum atomic E-state index is 0.135. The van der Waals surface area contributed by atoms with Crippen LogP contribution in [0.3, 0.4) is 0 Å². The van der Waals surface area contributed by atoms with Gasteiger partial charge >= 0.3 is 0 Å². The average Bonchev–Trinajstić information content (AvgIpc) is 3.20. The van der Waals surface area contributed by atoms with Crippen LogP contribution in [-0.4, -0.2) is 0 Å². The molecule has 0 radical (unpaired) electrons. The first-order valence-corrected chi connectivity index (χ1v) is 15.6. The topological polar surface area (TPSA) is 0 Å². The molecule has 2 aromatic carbocycles. The van der Waals surface area contributed by atoms with Crippen molar-refractivity contribution in [3.63, 3.8) is 0 Å². The van der Waals surface area contributed by atoms with Crippen LogP contribution < -0.4 is 0 Å². The zero-order valence-electron chi connectivity index (χ0n) is 23.5. The summed E-state index contributed by atoms with van der Waals surface area (Å²) in [6.45, 7) is 10.5. The Bertz CT molecular complexity index is 983. The molecule has 4 aliphatic carbocycles. The summed E-state index contributed by atoms with van der Waals surface area (Å²) in [6.07, 6.45) is 15.9. The highest BCUT2D eigenvalue weighted by molar-refractivity contribution is 5.44. The standard InChI is InChI=1S/C36H50/c1-5-14-26(2)33-35(4)24-22-31-30(21-20-27-15-12-13-23-34(27,31)3)32(35)25-36(33,28-16-8-6-9-17-28)29-18-10-7-11-19-29/h6-11,16-19,26-27,30-33H,5,12-15,20-25H2,1-4H3/t26-,27?,30-,31+,32+,33-,34+,35+/m1/s1. The molecular weight excluding hydrogens is 432 g/mol. The van der Waals surface area contributed by atoms with Crippen molar-refractivity contribution in [3.8, 4) is 0 Å². The maximum atomic E-state index is 2.77. The molecule has 194 valence electrons. The normalized spacial score (nSPS) is 40.1. The Morgan fingerprint density at radius 3 is 2.06 bits per heavy atom. The van der Waals surface area contributed by atoms with Crippen LogP contribution in [0, 0.1) is 46.3 Å². The van der Waals surface area contributed by atoms with E-state index in [1.807, 2.05) is 0 Å². The predicted molar refractivity (Wildman–Crippen MR) is 153 cm³/mol. The van der Waals surface area contributed by atoms with Crippen LogP contribution in [0.25, 0.3) is 0 Å². The Balaban J connectivity index is 1.51. The van der Waals surface area contributed by atoms with Crippen molar-refractivity contribution in [2.24, 2.45) is 46.3 Å². The Kier molecular flexibility index (Phi) is 6.41. The third kappa shape index (κ3) is 3.52. The van der Waals surface area contributed by atoms with Crippen LogP contribution in [0.4, 0.5) is 0 Å². The summed E-state index contributed by atoms with van der Waals surface area (Å²) in [6, 6.07) is 23.6. The summed E-state index contributed by atoms with van der Waals surface area (Å²) in [4.78, 5) is 0. The second-order valence-electron chi connectivity index (χ2n) is 14.1. The van der Waals surface area contributed by atoms with Crippen molar-refractivity contribution in [1.82, 2.24) is 0 Å². The fourth-order valence-corrected chi connectivity index (χ4v) is 11.4. The Hall–Kier alpha value is -1.56. The highest BCUT2D eigenvalue weighted by Crippen LogP contribution is 2.73. The van der Waals surface area contributed by atoms with Gasteiger partial charge in [0.1, 0.15) is 0 Å². The lowest BCUT2D eigenvalue weighted by atomic mass is 9.44. The van der Waals surface area contributed by atoms with Crippen LogP contribution in [0.2, 0.25) is 0 Å². The van der Waals surface area contributed by atoms with Gasteiger partial charge in [0, 0.05) is 5.41 Å². The number of hydrogen-bond acceptors (Lipinski definition) is 0. The van der Waals surface area contributed by atoms with E-state index >= 15 is 0 Å². The molecule has 4 aliphatic rings. The van der Waals surface area contributed by atoms with Crippen molar-refractivity contribution >= 4 is 0 Å². The van der Waals surface area contributed by atoms with Crippen molar-refractivity contribution < 1.29 is 0 Å². The first kappa shape index (κ1) is 24.8. The van der Waals surface area contributed by atoms with E-state index in [4.69, 9.17) is 0 Å². The predicted octanol–water partition coefficient (Wildman–Crippen LogP) is 10.1. The van der Waals surface area contributed by atoms with Gasteiger partial charge in [-0.25, -0.2) is 0 Å². The lowest BCUT2D eigenvalue weighted by molar-refractivity contribution is -0.114. The molecule has 6 rings (SSSR count). The first-order valence-electron chi connectivity index (χ1n) is 15.6. The van der Waals surface area contributed by atoms with Gasteiger partial charge < -0.3 is 0 Å². The minimum Gasteiger partial charge on any atom is -0.0654 e. The van der Waals surface area contributed by atoms with Crippen molar-refractivity contribution in [2.45, 2.75) is 104 Å². The maximum absolute atomic E-state index is 2.77. The molecule has 0 bridgehead atoms. The van der Waals surface area contributed by atoms with Crippen molar-refractivity contribution in [3.05, 3.63) is 71.8 Å². The summed E-state index contributed by atoms with van der Waals surface area (Å²) in [5.41, 5.74) is 4.36. The third-order valence-electron chi connectivity index (χ3n) is 12.7. The number of rotatable bonds is 5. The molecular formula is C36H50. The molecule has 0 amide bonds. The highest BCUT2D eigenvalue weighted by Gasteiger charge is 2.67. The van der Waals surface area contributed by atoms with E-state index in [0.717, 1.165) is 29.6 Å². The van der Waals surface area contributed by atoms with Gasteiger partial charge in [-0.15, -0.1) is 0 Å². The average molecular weight is 483 g/mol. The second kappa shape index (κ2) is 9.32. The molecule has 0 heteroatoms. The highest BCUT2D eigenvalue weighted by atomic mass is 14.7. The van der Waals surface area contributed by atoms with E-state index < -0.39 is 0 Å². The smallest absolute Gasteiger partial charge is 0.0241 e. The largest absolute Gasteiger partial charge is 0.0654 e. The van der Waals surface area contributed by atoms with E-state index in [9.17, 15) is 0 Å². The summed E-state index contributed by atoms with van der Waals surface area (Å²) in [7, 11) is 0. The monoisotopic (exact) mass is 482 g/mol. The lowest BCUT2D eigenvalue weighted by Crippen LogP contribution is -2.53. The summed E-state index contributed by atoms with van der Waals surface area (Å²) in [5.74, 6) is 5.18. The van der Waals surface area contributed by atoms with E-state index in [2.05, 4.69) is 88.4 Å². The van der Waals surface area contributed by atoms with Gasteiger partial charge in [-0.05, 0) is 102 Å². The zero-order chi connectivity index (χ0) is 25.0. The number of fused-ring (bicyclic) bond motifs is 5. The van der Waals surface area contributed by atoms with Gasteiger partial charge in [-0.2, -0.15) is 0 Å². The second-order valence-corrected chi connectivity index (χ2v) is 14.1. The quantitative estimate of drug-likeness (QED) is 0.397. The third-order valence-corrected chi connectivity index (χ3v) is 12.7. The Morgan fingerprint density at radius 2 is 1.42 bits per heavy atom. The summed E-state index contributed by atoms with van der Waals surface area (Å²) < 4.78 is 0. The van der Waals surface area contributed by atoms with Gasteiger partial charge in [0.25, 0.3) is 0 Å². The molecule has 0 aromatic heterocycles. The molecule has 0 saturated heterocycles. The van der Waals surface area contributed by atoms with Crippen LogP contribution >= 0.6 is 0 Å². The van der Waals surface area contributed by atoms with E-state index in [0.29, 0.717) is 16.7 Å². The van der Waals surface area contributed by atoms with Gasteiger partial charge in [0.05, 0.1) is 0 Å². The van der Waals surface area contributed by atoms with Crippen LogP contribution in [0.1, 0.15) is 109 Å². The first-order chi connectivity index (χ1) is 17.4. The van der Waals surface area contributed by atoms with Crippen molar-refractivity contribution in [1.29, 1.82) is 0 Å². The Labute approximate surface area is 221 Å². The van der Waals surface area contributed by atoms with E-state index in [-0.39, 0.29) is 5.41 Å². The molecule has 0 spiro atoms. The fraction of sp³-hybridized carbons (Fsp3) is 0.667. The van der Waals surface area contributed by atoms with Gasteiger partial charge in [0.2, 0.25) is 0 Å². The zero-order valence-corrected chi connectivity index (χ0v) is 23.5. The van der Waals surface area contributed by atoms with Crippen LogP contribution in [-0.2, 0) is 5.41 Å². The fourth-order valence-electron chi connectivity index (χ4n) is 11.4. The molecule has 4 saturated carbocycles. The number of hydrogen-bond donors (Lipinski definition) is 0. The molecule has 1 unspecified atom stereocenters. The summed E-state index contributed by atoms with van der Waals surface area (Å²) in [5, 5.41) is 0. The van der Waals surface area contributed by atoms with Gasteiger partial charge in [-0.1, -0.05) is 114 Å². The maximum Gasteiger partial charge on any atom is 0.0241 e.